The van der Waals surface area contributed by atoms with Crippen LogP contribution in [0.1, 0.15) is 64.2 Å². The van der Waals surface area contributed by atoms with Crippen LogP contribution in [0.2, 0.25) is 0 Å². The number of fused-ring (bicyclic) bond motifs is 2. The number of imide groups is 2. The Morgan fingerprint density at radius 2 is 1.71 bits per heavy atom. The standard InChI is InChI=1S/C30H28N6O4S/c37-26-13-12-24(28(38)35-26)36-29(39)19-11-10-18(15-20(19)30(36)40)31-14-6-2-1-3-9-27-33-17-25(41-27)23-16-32-21-7-4-5-8-22(21)34-23/h4-5,7-8,10-11,15-17,24,31H,1-3,6,9,12-14H2,(H,35,37,38). The minimum atomic E-state index is -0.958. The molecule has 2 N–H and O–H groups in total. The first-order valence-electron chi connectivity index (χ1n) is 13.7. The zero-order chi connectivity index (χ0) is 28.3. The Morgan fingerprint density at radius 3 is 2.56 bits per heavy atom. The summed E-state index contributed by atoms with van der Waals surface area (Å²) in [4.78, 5) is 65.3. The van der Waals surface area contributed by atoms with Crippen LogP contribution in [0.25, 0.3) is 21.6 Å². The lowest BCUT2D eigenvalue weighted by Crippen LogP contribution is -2.54. The molecule has 0 spiro atoms. The van der Waals surface area contributed by atoms with Crippen molar-refractivity contribution in [3.63, 3.8) is 0 Å². The van der Waals surface area contributed by atoms with Gasteiger partial charge in [-0.1, -0.05) is 25.0 Å². The molecule has 2 aliphatic rings. The summed E-state index contributed by atoms with van der Waals surface area (Å²) < 4.78 is 0. The Kier molecular flexibility index (Phi) is 7.51. The molecule has 1 unspecified atom stereocenters. The van der Waals surface area contributed by atoms with Gasteiger partial charge in [0.2, 0.25) is 11.8 Å². The van der Waals surface area contributed by atoms with Crippen molar-refractivity contribution in [2.24, 2.45) is 0 Å². The van der Waals surface area contributed by atoms with Gasteiger partial charge in [-0.05, 0) is 56.0 Å². The predicted octanol–water partition coefficient (Wildman–Crippen LogP) is 4.37. The lowest BCUT2D eigenvalue weighted by molar-refractivity contribution is -0.136. The largest absolute Gasteiger partial charge is 0.385 e. The second-order valence-corrected chi connectivity index (χ2v) is 11.3. The van der Waals surface area contributed by atoms with E-state index in [0.29, 0.717) is 0 Å². The van der Waals surface area contributed by atoms with Crippen LogP contribution in [0.4, 0.5) is 5.69 Å². The number of benzene rings is 2. The van der Waals surface area contributed by atoms with Crippen molar-refractivity contribution in [1.82, 2.24) is 25.2 Å². The van der Waals surface area contributed by atoms with Gasteiger partial charge in [0.1, 0.15) is 11.7 Å². The number of nitrogens with one attached hydrogen (secondary N) is 2. The SMILES string of the molecule is O=C1CCC(N2C(=O)c3ccc(NCCCCCCc4ncc(-c5cnc6ccccc6n5)s4)cc3C2=O)C(=O)N1. The highest BCUT2D eigenvalue weighted by atomic mass is 32.1. The number of amides is 4. The van der Waals surface area contributed by atoms with Crippen LogP contribution in [-0.4, -0.2) is 56.1 Å². The van der Waals surface area contributed by atoms with Gasteiger partial charge in [0.05, 0.1) is 38.2 Å². The fourth-order valence-electron chi connectivity index (χ4n) is 5.19. The summed E-state index contributed by atoms with van der Waals surface area (Å²) in [5, 5.41) is 6.64. The third-order valence-corrected chi connectivity index (χ3v) is 8.42. The molecule has 41 heavy (non-hydrogen) atoms. The fraction of sp³-hybridized carbons (Fsp3) is 0.300. The lowest BCUT2D eigenvalue weighted by atomic mass is 10.0. The smallest absolute Gasteiger partial charge is 0.262 e. The van der Waals surface area contributed by atoms with E-state index in [0.717, 1.165) is 75.8 Å². The molecule has 4 amide bonds. The van der Waals surface area contributed by atoms with Crippen LogP contribution >= 0.6 is 11.3 Å². The molecule has 2 aliphatic heterocycles. The van der Waals surface area contributed by atoms with E-state index in [2.05, 4.69) is 20.6 Å². The number of hydrogen-bond acceptors (Lipinski definition) is 9. The van der Waals surface area contributed by atoms with E-state index in [9.17, 15) is 19.2 Å². The molecule has 4 heterocycles. The number of aromatic nitrogens is 3. The molecule has 1 fully saturated rings. The van der Waals surface area contributed by atoms with Gasteiger partial charge in [0.25, 0.3) is 11.8 Å². The van der Waals surface area contributed by atoms with Gasteiger partial charge in [-0.25, -0.2) is 9.97 Å². The Hall–Kier alpha value is -4.51. The number of hydrogen-bond donors (Lipinski definition) is 2. The quantitative estimate of drug-likeness (QED) is 0.213. The van der Waals surface area contributed by atoms with Crippen molar-refractivity contribution in [3.05, 3.63) is 71.0 Å². The second-order valence-electron chi connectivity index (χ2n) is 10.2. The Balaban J connectivity index is 0.944. The van der Waals surface area contributed by atoms with Crippen molar-refractivity contribution in [2.45, 2.75) is 51.0 Å². The van der Waals surface area contributed by atoms with Gasteiger partial charge in [0.15, 0.2) is 0 Å². The molecule has 2 aromatic heterocycles. The minimum absolute atomic E-state index is 0.0992. The third kappa shape index (κ3) is 5.58. The highest BCUT2D eigenvalue weighted by Gasteiger charge is 2.44. The first-order valence-corrected chi connectivity index (χ1v) is 14.6. The summed E-state index contributed by atoms with van der Waals surface area (Å²) >= 11 is 1.66. The molecule has 0 bridgehead atoms. The van der Waals surface area contributed by atoms with Crippen LogP contribution in [0.5, 0.6) is 0 Å². The number of aryl methyl sites for hydroxylation is 1. The average Bonchev–Trinajstić information content (AvgIpc) is 3.55. The Bertz CT molecular complexity index is 1670. The summed E-state index contributed by atoms with van der Waals surface area (Å²) in [5.74, 6) is -1.99. The van der Waals surface area contributed by atoms with Gasteiger partial charge in [-0.15, -0.1) is 11.3 Å². The van der Waals surface area contributed by atoms with E-state index < -0.39 is 23.8 Å². The number of carbonyl (C=O) groups is 4. The normalized spacial score (nSPS) is 16.8. The molecule has 1 atom stereocenters. The molecule has 10 nitrogen and oxygen atoms in total. The Morgan fingerprint density at radius 1 is 0.902 bits per heavy atom. The molecule has 6 rings (SSSR count). The molecule has 208 valence electrons. The van der Waals surface area contributed by atoms with Gasteiger partial charge in [-0.2, -0.15) is 0 Å². The number of para-hydroxylation sites is 2. The lowest BCUT2D eigenvalue weighted by Gasteiger charge is -2.27. The molecule has 2 aromatic carbocycles. The molecule has 0 aliphatic carbocycles. The second kappa shape index (κ2) is 11.5. The Labute approximate surface area is 240 Å². The van der Waals surface area contributed by atoms with E-state index in [4.69, 9.17) is 4.98 Å². The highest BCUT2D eigenvalue weighted by Crippen LogP contribution is 2.30. The monoisotopic (exact) mass is 568 g/mol. The van der Waals surface area contributed by atoms with E-state index in [-0.39, 0.29) is 29.9 Å². The first kappa shape index (κ1) is 26.7. The van der Waals surface area contributed by atoms with Crippen LogP contribution in [-0.2, 0) is 16.0 Å². The topological polar surface area (TPSA) is 134 Å². The number of unbranched alkanes of at least 4 members (excludes halogenated alkanes) is 3. The average molecular weight is 569 g/mol. The number of anilines is 1. The van der Waals surface area contributed by atoms with Crippen molar-refractivity contribution < 1.29 is 19.2 Å². The van der Waals surface area contributed by atoms with Crippen LogP contribution in [0.3, 0.4) is 0 Å². The molecular formula is C30H28N6O4S. The summed E-state index contributed by atoms with van der Waals surface area (Å²) in [7, 11) is 0. The number of nitrogens with zero attached hydrogens (tertiary/aromatic N) is 4. The number of rotatable bonds is 10. The highest BCUT2D eigenvalue weighted by molar-refractivity contribution is 7.15. The van der Waals surface area contributed by atoms with Crippen LogP contribution < -0.4 is 10.6 Å². The maximum atomic E-state index is 13.0. The van der Waals surface area contributed by atoms with Gasteiger partial charge >= 0.3 is 0 Å². The van der Waals surface area contributed by atoms with Crippen molar-refractivity contribution >= 4 is 51.7 Å². The van der Waals surface area contributed by atoms with E-state index >= 15 is 0 Å². The fourth-order valence-corrected chi connectivity index (χ4v) is 6.10. The zero-order valence-corrected chi connectivity index (χ0v) is 23.1. The molecule has 0 radical (unpaired) electrons. The van der Waals surface area contributed by atoms with Gasteiger partial charge in [0, 0.05) is 24.8 Å². The third-order valence-electron chi connectivity index (χ3n) is 7.34. The maximum Gasteiger partial charge on any atom is 0.262 e. The van der Waals surface area contributed by atoms with E-state index in [1.54, 1.807) is 35.7 Å². The minimum Gasteiger partial charge on any atom is -0.385 e. The van der Waals surface area contributed by atoms with E-state index in [1.165, 1.54) is 0 Å². The predicted molar refractivity (Wildman–Crippen MR) is 154 cm³/mol. The van der Waals surface area contributed by atoms with Crippen molar-refractivity contribution in [3.8, 4) is 10.6 Å². The summed E-state index contributed by atoms with van der Waals surface area (Å²) in [6.45, 7) is 0.736. The number of thiazole rings is 1. The van der Waals surface area contributed by atoms with Crippen LogP contribution in [0.15, 0.2) is 54.9 Å². The molecule has 4 aromatic rings. The van der Waals surface area contributed by atoms with Gasteiger partial charge < -0.3 is 5.32 Å². The van der Waals surface area contributed by atoms with Crippen LogP contribution in [0, 0.1) is 0 Å². The first-order chi connectivity index (χ1) is 20.0. The van der Waals surface area contributed by atoms with Crippen molar-refractivity contribution in [2.75, 3.05) is 11.9 Å². The summed E-state index contributed by atoms with van der Waals surface area (Å²) in [6.07, 6.45) is 8.97. The molecule has 11 heteroatoms. The van der Waals surface area contributed by atoms with Gasteiger partial charge in [-0.3, -0.25) is 34.4 Å². The summed E-state index contributed by atoms with van der Waals surface area (Å²) in [6, 6.07) is 11.9. The molecular weight excluding hydrogens is 540 g/mol. The number of carbonyl (C=O) groups excluding carboxylic acids is 4. The zero-order valence-electron chi connectivity index (χ0n) is 22.3. The summed E-state index contributed by atoms with van der Waals surface area (Å²) in [5.41, 5.74) is 3.92. The number of piperidine rings is 1. The maximum absolute atomic E-state index is 13.0. The molecule has 1 saturated heterocycles. The van der Waals surface area contributed by atoms with Crippen molar-refractivity contribution in [1.29, 1.82) is 0 Å². The molecule has 0 saturated carbocycles. The van der Waals surface area contributed by atoms with E-state index in [1.807, 2.05) is 30.5 Å².